The van der Waals surface area contributed by atoms with Crippen LogP contribution in [0.5, 0.6) is 0 Å². The van der Waals surface area contributed by atoms with E-state index in [0.29, 0.717) is 12.8 Å². The Morgan fingerprint density at radius 2 is 1.00 bits per heavy atom. The lowest BCUT2D eigenvalue weighted by molar-refractivity contribution is -0.146. The van der Waals surface area contributed by atoms with E-state index in [9.17, 15) is 19.5 Å². The molecule has 0 aliphatic heterocycles. The minimum absolute atomic E-state index is 0.0154. The number of carbonyl (C=O) groups excluding carboxylic acids is 3. The fourth-order valence-corrected chi connectivity index (χ4v) is 7.84. The fourth-order valence-electron chi connectivity index (χ4n) is 7.84. The average Bonchev–Trinajstić information content (AvgIpc) is 2.73. The maximum atomic E-state index is 14.1. The molecular weight excluding hydrogens is 550 g/mol. The predicted octanol–water partition coefficient (Wildman–Crippen LogP) is 7.38. The van der Waals surface area contributed by atoms with E-state index < -0.39 is 38.3 Å². The molecular formula is C37H73N3O4. The van der Waals surface area contributed by atoms with Gasteiger partial charge in [0.15, 0.2) is 5.78 Å². The first-order valence-corrected chi connectivity index (χ1v) is 16.7. The Hall–Kier alpha value is -1.31. The van der Waals surface area contributed by atoms with Crippen LogP contribution in [0, 0.1) is 21.7 Å². The summed E-state index contributed by atoms with van der Waals surface area (Å²) in [6.45, 7) is 39.7. The van der Waals surface area contributed by atoms with Gasteiger partial charge in [0.25, 0.3) is 0 Å². The van der Waals surface area contributed by atoms with Gasteiger partial charge >= 0.3 is 0 Å². The van der Waals surface area contributed by atoms with Gasteiger partial charge in [-0.05, 0) is 102 Å². The maximum Gasteiger partial charge on any atom is 0.226 e. The Labute approximate surface area is 272 Å². The Balaban J connectivity index is 5.70. The molecule has 0 saturated heterocycles. The van der Waals surface area contributed by atoms with Crippen molar-refractivity contribution in [1.29, 1.82) is 0 Å². The number of hydrogen-bond acceptors (Lipinski definition) is 6. The van der Waals surface area contributed by atoms with Crippen LogP contribution in [0.15, 0.2) is 0 Å². The van der Waals surface area contributed by atoms with Crippen LogP contribution in [-0.2, 0) is 14.4 Å². The first-order chi connectivity index (χ1) is 19.0. The van der Waals surface area contributed by atoms with Crippen molar-refractivity contribution in [2.24, 2.45) is 21.7 Å². The van der Waals surface area contributed by atoms with Gasteiger partial charge in [0, 0.05) is 49.9 Å². The Morgan fingerprint density at radius 1 is 0.568 bits per heavy atom. The molecule has 0 aromatic rings. The van der Waals surface area contributed by atoms with Crippen LogP contribution < -0.4 is 16.0 Å². The summed E-state index contributed by atoms with van der Waals surface area (Å²) in [5.74, 6) is -0.195. The highest BCUT2D eigenvalue weighted by Gasteiger charge is 2.47. The summed E-state index contributed by atoms with van der Waals surface area (Å²) in [7, 11) is 0. The SMILES string of the molecule is CCC(C)(C)NC(C)(C)CC(C)(C)C(=O)C(C)(C)C(C)NC(C)(C)CC(C)(C)NC(=O)C(C)(C)CC(C)(C)C(=O)C(C)(C)O. The molecule has 0 rings (SSSR count). The second-order valence-electron chi connectivity index (χ2n) is 19.5. The van der Waals surface area contributed by atoms with Gasteiger partial charge in [-0.3, -0.25) is 14.4 Å². The number of aliphatic hydroxyl groups is 1. The number of carbonyl (C=O) groups is 3. The van der Waals surface area contributed by atoms with Crippen LogP contribution in [0.4, 0.5) is 0 Å². The van der Waals surface area contributed by atoms with Gasteiger partial charge in [-0.1, -0.05) is 62.3 Å². The summed E-state index contributed by atoms with van der Waals surface area (Å²) in [4.78, 5) is 40.6. The lowest BCUT2D eigenvalue weighted by atomic mass is 9.65. The number of ketones is 2. The van der Waals surface area contributed by atoms with E-state index in [1.165, 1.54) is 13.8 Å². The summed E-state index contributed by atoms with van der Waals surface area (Å²) in [6, 6.07) is -0.121. The topological polar surface area (TPSA) is 108 Å². The van der Waals surface area contributed by atoms with Crippen molar-refractivity contribution in [2.75, 3.05) is 0 Å². The minimum atomic E-state index is -1.47. The number of hydrogen-bond donors (Lipinski definition) is 4. The normalized spacial score (nSPS) is 15.7. The van der Waals surface area contributed by atoms with Crippen LogP contribution in [0.1, 0.15) is 164 Å². The quantitative estimate of drug-likeness (QED) is 0.127. The summed E-state index contributed by atoms with van der Waals surface area (Å²) in [5.41, 5.74) is -5.53. The number of nitrogens with one attached hydrogen (secondary N) is 3. The molecule has 7 nitrogen and oxygen atoms in total. The monoisotopic (exact) mass is 624 g/mol. The van der Waals surface area contributed by atoms with Crippen molar-refractivity contribution in [2.45, 2.75) is 198 Å². The van der Waals surface area contributed by atoms with Crippen molar-refractivity contribution >= 4 is 17.5 Å². The molecule has 0 spiro atoms. The highest BCUT2D eigenvalue weighted by atomic mass is 16.3. The third-order valence-electron chi connectivity index (χ3n) is 9.34. The zero-order valence-electron chi connectivity index (χ0n) is 32.6. The Bertz CT molecular complexity index is 1020. The molecule has 0 radical (unpaired) electrons. The molecule has 1 amide bonds. The largest absolute Gasteiger partial charge is 0.383 e. The van der Waals surface area contributed by atoms with Gasteiger partial charge in [0.05, 0.1) is 0 Å². The van der Waals surface area contributed by atoms with Crippen molar-refractivity contribution in [3.8, 4) is 0 Å². The summed E-state index contributed by atoms with van der Waals surface area (Å²) >= 11 is 0. The van der Waals surface area contributed by atoms with Gasteiger partial charge in [0.2, 0.25) is 5.91 Å². The second kappa shape index (κ2) is 13.4. The van der Waals surface area contributed by atoms with Crippen molar-refractivity contribution in [3.63, 3.8) is 0 Å². The zero-order valence-corrected chi connectivity index (χ0v) is 32.6. The van der Waals surface area contributed by atoms with Gasteiger partial charge in [0.1, 0.15) is 11.4 Å². The molecule has 0 aromatic carbocycles. The van der Waals surface area contributed by atoms with Gasteiger partial charge in [-0.2, -0.15) is 0 Å². The first kappa shape index (κ1) is 42.7. The van der Waals surface area contributed by atoms with Crippen molar-refractivity contribution in [1.82, 2.24) is 16.0 Å². The van der Waals surface area contributed by atoms with Crippen LogP contribution in [-0.4, -0.2) is 56.4 Å². The molecule has 0 saturated carbocycles. The van der Waals surface area contributed by atoms with Crippen LogP contribution in [0.2, 0.25) is 0 Å². The molecule has 0 fully saturated rings. The predicted molar refractivity (Wildman–Crippen MR) is 186 cm³/mol. The van der Waals surface area contributed by atoms with E-state index in [4.69, 9.17) is 0 Å². The molecule has 7 heteroatoms. The molecule has 1 unspecified atom stereocenters. The van der Waals surface area contributed by atoms with E-state index in [-0.39, 0.29) is 34.6 Å². The van der Waals surface area contributed by atoms with E-state index >= 15 is 0 Å². The van der Waals surface area contributed by atoms with Crippen molar-refractivity contribution in [3.05, 3.63) is 0 Å². The smallest absolute Gasteiger partial charge is 0.226 e. The van der Waals surface area contributed by atoms with Crippen molar-refractivity contribution < 1.29 is 19.5 Å². The third-order valence-corrected chi connectivity index (χ3v) is 9.34. The van der Waals surface area contributed by atoms with E-state index in [0.717, 1.165) is 12.8 Å². The molecule has 44 heavy (non-hydrogen) atoms. The fraction of sp³-hybridized carbons (Fsp3) is 0.919. The minimum Gasteiger partial charge on any atom is -0.383 e. The molecule has 0 aromatic heterocycles. The zero-order chi connectivity index (χ0) is 35.8. The number of rotatable bonds is 18. The van der Waals surface area contributed by atoms with E-state index in [1.54, 1.807) is 13.8 Å². The highest BCUT2D eigenvalue weighted by molar-refractivity contribution is 5.92. The standard InChI is InChI=1S/C37H73N3O4/c1-21-32(9,10)40-35(15,16)23-30(5,6)26(41)36(17,18)25(2)38-33(11,12)24-34(13,14)39-28(43)31(7,8)22-29(3,4)27(42)37(19,20)44/h25,38,40,44H,21-24H2,1-20H3,(H,39,43). The summed E-state index contributed by atoms with van der Waals surface area (Å²) < 4.78 is 0. The molecule has 0 bridgehead atoms. The van der Waals surface area contributed by atoms with Gasteiger partial charge in [-0.25, -0.2) is 0 Å². The van der Waals surface area contributed by atoms with Crippen LogP contribution >= 0.6 is 0 Å². The summed E-state index contributed by atoms with van der Waals surface area (Å²) in [6.07, 6.45) is 2.64. The van der Waals surface area contributed by atoms with E-state index in [1.807, 2.05) is 41.5 Å². The van der Waals surface area contributed by atoms with Crippen LogP contribution in [0.25, 0.3) is 0 Å². The molecule has 0 heterocycles. The molecule has 260 valence electrons. The number of amides is 1. The molecule has 1 atom stereocenters. The maximum absolute atomic E-state index is 14.1. The number of Topliss-reactive ketones (excluding diaryl/α,β-unsaturated/α-hetero) is 2. The lowest BCUT2D eigenvalue weighted by Crippen LogP contribution is -2.60. The molecule has 0 aliphatic rings. The second-order valence-corrected chi connectivity index (χ2v) is 19.5. The molecule has 0 aliphatic carbocycles. The summed E-state index contributed by atoms with van der Waals surface area (Å²) in [5, 5.41) is 21.0. The third kappa shape index (κ3) is 12.5. The van der Waals surface area contributed by atoms with Gasteiger partial charge < -0.3 is 21.1 Å². The highest BCUT2D eigenvalue weighted by Crippen LogP contribution is 2.40. The van der Waals surface area contributed by atoms with Gasteiger partial charge in [-0.15, -0.1) is 0 Å². The average molecular weight is 624 g/mol. The molecule has 4 N–H and O–H groups in total. The Kier molecular flexibility index (Phi) is 13.0. The Morgan fingerprint density at radius 3 is 1.41 bits per heavy atom. The first-order valence-electron chi connectivity index (χ1n) is 16.7. The van der Waals surface area contributed by atoms with Crippen LogP contribution in [0.3, 0.4) is 0 Å². The van der Waals surface area contributed by atoms with E-state index in [2.05, 4.69) is 85.2 Å². The lowest BCUT2D eigenvalue weighted by Gasteiger charge is -2.46.